The maximum atomic E-state index is 12.8. The van der Waals surface area contributed by atoms with E-state index in [9.17, 15) is 22.8 Å². The van der Waals surface area contributed by atoms with E-state index >= 15 is 0 Å². The molecule has 156 valence electrons. The highest BCUT2D eigenvalue weighted by atomic mass is 32.2. The fourth-order valence-corrected chi connectivity index (χ4v) is 5.06. The first-order chi connectivity index (χ1) is 13.7. The Kier molecular flexibility index (Phi) is 4.86. The van der Waals surface area contributed by atoms with E-state index in [1.165, 1.54) is 24.3 Å². The van der Waals surface area contributed by atoms with E-state index in [2.05, 4.69) is 22.4 Å². The van der Waals surface area contributed by atoms with Gasteiger partial charge in [0.2, 0.25) is 10.0 Å². The molecule has 1 heterocycles. The summed E-state index contributed by atoms with van der Waals surface area (Å²) in [5.74, 6) is -0.609. The van der Waals surface area contributed by atoms with Crippen LogP contribution in [0, 0.1) is 5.92 Å². The number of nitrogens with one attached hydrogen (secondary N) is 3. The summed E-state index contributed by atoms with van der Waals surface area (Å²) in [6.07, 6.45) is 4.41. The molecule has 1 aromatic carbocycles. The lowest BCUT2D eigenvalue weighted by Gasteiger charge is -2.33. The summed E-state index contributed by atoms with van der Waals surface area (Å²) < 4.78 is 27.0. The molecule has 0 radical (unpaired) electrons. The van der Waals surface area contributed by atoms with Gasteiger partial charge in [-0.05, 0) is 68.7 Å². The van der Waals surface area contributed by atoms with Crippen LogP contribution < -0.4 is 15.5 Å². The van der Waals surface area contributed by atoms with Gasteiger partial charge < -0.3 is 5.32 Å². The summed E-state index contributed by atoms with van der Waals surface area (Å²) in [4.78, 5) is 37.7. The fourth-order valence-electron chi connectivity index (χ4n) is 3.76. The van der Waals surface area contributed by atoms with Crippen LogP contribution in [0.15, 0.2) is 29.2 Å². The average molecular weight is 420 g/mol. The second-order valence-electron chi connectivity index (χ2n) is 8.20. The van der Waals surface area contributed by atoms with Gasteiger partial charge in [-0.3, -0.25) is 15.0 Å². The number of hydrogen-bond acceptors (Lipinski definition) is 5. The quantitative estimate of drug-likeness (QED) is 0.619. The largest absolute Gasteiger partial charge is 0.344 e. The van der Waals surface area contributed by atoms with Crippen molar-refractivity contribution in [2.75, 3.05) is 0 Å². The number of carbonyl (C=O) groups is 3. The number of amides is 4. The van der Waals surface area contributed by atoms with Gasteiger partial charge in [0, 0.05) is 11.6 Å². The maximum absolute atomic E-state index is 12.8. The molecule has 0 unspecified atom stereocenters. The topological polar surface area (TPSA) is 125 Å². The second-order valence-corrected chi connectivity index (χ2v) is 9.91. The van der Waals surface area contributed by atoms with Crippen LogP contribution >= 0.6 is 0 Å². The van der Waals surface area contributed by atoms with E-state index in [4.69, 9.17) is 0 Å². The minimum absolute atomic E-state index is 0.0160. The molecule has 0 atom stereocenters. The van der Waals surface area contributed by atoms with Crippen molar-refractivity contribution in [1.29, 1.82) is 0 Å². The monoisotopic (exact) mass is 420 g/mol. The molecule has 1 spiro atoms. The number of benzene rings is 1. The Morgan fingerprint density at radius 2 is 1.72 bits per heavy atom. The third-order valence-electron chi connectivity index (χ3n) is 5.83. The van der Waals surface area contributed by atoms with Crippen LogP contribution in [0.5, 0.6) is 0 Å². The maximum Gasteiger partial charge on any atom is 0.344 e. The van der Waals surface area contributed by atoms with Crippen molar-refractivity contribution in [3.8, 4) is 0 Å². The van der Waals surface area contributed by atoms with Crippen LogP contribution in [0.3, 0.4) is 0 Å². The minimum atomic E-state index is -3.61. The molecule has 10 heteroatoms. The molecule has 9 nitrogen and oxygen atoms in total. The van der Waals surface area contributed by atoms with Gasteiger partial charge in [-0.2, -0.15) is 5.01 Å². The van der Waals surface area contributed by atoms with E-state index in [0.29, 0.717) is 18.8 Å². The van der Waals surface area contributed by atoms with Gasteiger partial charge in [-0.15, -0.1) is 0 Å². The van der Waals surface area contributed by atoms with E-state index in [1.54, 1.807) is 0 Å². The third-order valence-corrected chi connectivity index (χ3v) is 7.37. The SMILES string of the molecule is CC1CCC2(CC1)NC(=O)N(NC(=O)c1ccc(S(=O)(=O)NC3CC3)cc1)C2=O. The van der Waals surface area contributed by atoms with E-state index < -0.39 is 33.4 Å². The minimum Gasteiger partial charge on any atom is -0.322 e. The van der Waals surface area contributed by atoms with Gasteiger partial charge >= 0.3 is 6.03 Å². The molecule has 2 aliphatic carbocycles. The molecule has 2 saturated carbocycles. The molecular formula is C19H24N4O5S. The number of carbonyl (C=O) groups excluding carboxylic acids is 3. The summed E-state index contributed by atoms with van der Waals surface area (Å²) in [5, 5.41) is 3.47. The standard InChI is InChI=1S/C19H24N4O5S/c1-12-8-10-19(11-9-12)17(25)23(18(26)20-19)21-16(24)13-2-6-15(7-3-13)29(27,28)22-14-4-5-14/h2-3,6-7,12,14,22H,4-5,8-11H2,1H3,(H,20,26)(H,21,24). The zero-order chi connectivity index (χ0) is 20.8. The smallest absolute Gasteiger partial charge is 0.322 e. The summed E-state index contributed by atoms with van der Waals surface area (Å²) in [6.45, 7) is 2.11. The van der Waals surface area contributed by atoms with Crippen LogP contribution in [0.1, 0.15) is 55.8 Å². The highest BCUT2D eigenvalue weighted by Crippen LogP contribution is 2.35. The number of nitrogens with zero attached hydrogens (tertiary/aromatic N) is 1. The molecular weight excluding hydrogens is 396 g/mol. The molecule has 1 aliphatic heterocycles. The molecule has 3 fully saturated rings. The first-order valence-electron chi connectivity index (χ1n) is 9.80. The molecule has 3 aliphatic rings. The Hall–Kier alpha value is -2.46. The first kappa shape index (κ1) is 19.8. The van der Waals surface area contributed by atoms with Crippen molar-refractivity contribution in [2.24, 2.45) is 5.92 Å². The van der Waals surface area contributed by atoms with E-state index in [0.717, 1.165) is 30.7 Å². The van der Waals surface area contributed by atoms with Crippen molar-refractivity contribution >= 4 is 27.9 Å². The molecule has 3 N–H and O–H groups in total. The highest BCUT2D eigenvalue weighted by molar-refractivity contribution is 7.89. The molecule has 29 heavy (non-hydrogen) atoms. The number of imide groups is 1. The predicted molar refractivity (Wildman–Crippen MR) is 103 cm³/mol. The number of urea groups is 1. The zero-order valence-corrected chi connectivity index (χ0v) is 16.9. The predicted octanol–water partition coefficient (Wildman–Crippen LogP) is 1.27. The summed E-state index contributed by atoms with van der Waals surface area (Å²) in [5.41, 5.74) is 1.55. The number of sulfonamides is 1. The highest BCUT2D eigenvalue weighted by Gasteiger charge is 2.52. The van der Waals surface area contributed by atoms with Crippen LogP contribution in [-0.4, -0.2) is 42.9 Å². The van der Waals surface area contributed by atoms with Crippen molar-refractivity contribution < 1.29 is 22.8 Å². The zero-order valence-electron chi connectivity index (χ0n) is 16.1. The second kappa shape index (κ2) is 7.10. The molecule has 0 bridgehead atoms. The van der Waals surface area contributed by atoms with Gasteiger partial charge in [0.1, 0.15) is 5.54 Å². The van der Waals surface area contributed by atoms with Crippen LogP contribution in [0.25, 0.3) is 0 Å². The van der Waals surface area contributed by atoms with Crippen LogP contribution in [0.2, 0.25) is 0 Å². The molecule has 0 aromatic heterocycles. The number of rotatable bonds is 5. The van der Waals surface area contributed by atoms with Crippen molar-refractivity contribution in [3.05, 3.63) is 29.8 Å². The Labute approximate surface area is 169 Å². The summed E-state index contributed by atoms with van der Waals surface area (Å²) in [7, 11) is -3.61. The molecule has 4 amide bonds. The van der Waals surface area contributed by atoms with Gasteiger partial charge in [-0.1, -0.05) is 6.92 Å². The van der Waals surface area contributed by atoms with E-state index in [-0.39, 0.29) is 16.5 Å². The Morgan fingerprint density at radius 1 is 1.10 bits per heavy atom. The molecule has 1 aromatic rings. The normalized spacial score (nSPS) is 27.2. The number of hydrazine groups is 1. The van der Waals surface area contributed by atoms with Gasteiger partial charge in [-0.25, -0.2) is 17.9 Å². The summed E-state index contributed by atoms with van der Waals surface area (Å²) in [6, 6.07) is 4.70. The lowest BCUT2D eigenvalue weighted by Crippen LogP contribution is -2.51. The van der Waals surface area contributed by atoms with Crippen molar-refractivity contribution in [1.82, 2.24) is 20.5 Å². The third kappa shape index (κ3) is 3.86. The fraction of sp³-hybridized carbons (Fsp3) is 0.526. The van der Waals surface area contributed by atoms with Gasteiger partial charge in [0.05, 0.1) is 4.90 Å². The van der Waals surface area contributed by atoms with Crippen LogP contribution in [0.4, 0.5) is 4.79 Å². The summed E-state index contributed by atoms with van der Waals surface area (Å²) >= 11 is 0. The Morgan fingerprint density at radius 3 is 2.31 bits per heavy atom. The Bertz CT molecular complexity index is 947. The number of hydrogen-bond donors (Lipinski definition) is 3. The van der Waals surface area contributed by atoms with Gasteiger partial charge in [0.25, 0.3) is 11.8 Å². The van der Waals surface area contributed by atoms with Gasteiger partial charge in [0.15, 0.2) is 0 Å². The Balaban J connectivity index is 1.44. The average Bonchev–Trinajstić information content (AvgIpc) is 3.47. The molecule has 1 saturated heterocycles. The molecule has 4 rings (SSSR count). The lowest BCUT2D eigenvalue weighted by atomic mass is 9.77. The van der Waals surface area contributed by atoms with E-state index in [1.807, 2.05) is 0 Å². The lowest BCUT2D eigenvalue weighted by molar-refractivity contribution is -0.134. The van der Waals surface area contributed by atoms with Crippen molar-refractivity contribution in [3.63, 3.8) is 0 Å². The first-order valence-corrected chi connectivity index (χ1v) is 11.3. The van der Waals surface area contributed by atoms with Crippen LogP contribution in [-0.2, 0) is 14.8 Å². The van der Waals surface area contributed by atoms with Crippen molar-refractivity contribution in [2.45, 2.75) is 61.9 Å².